The molecule has 4 aromatic rings. The van der Waals surface area contributed by atoms with Crippen LogP contribution in [0.2, 0.25) is 0 Å². The van der Waals surface area contributed by atoms with Crippen LogP contribution in [-0.2, 0) is 6.61 Å². The third-order valence-corrected chi connectivity index (χ3v) is 6.19. The van der Waals surface area contributed by atoms with E-state index in [4.69, 9.17) is 4.74 Å². The standard InChI is InChI=1S/C24H20F2N4O3S/c1-16-27-28-24(30(16)21-10-8-20(26)9-11-21)34-23(14-29(31)32)18-4-12-22(13-5-18)33-15-17-2-6-19(25)7-3-17/h2-13,23H,14-15H2,1H3/t23-/m0/s1. The molecule has 0 amide bonds. The maximum atomic E-state index is 13.4. The lowest BCUT2D eigenvalue weighted by Gasteiger charge is -2.15. The van der Waals surface area contributed by atoms with Crippen molar-refractivity contribution >= 4 is 11.8 Å². The molecule has 0 spiro atoms. The van der Waals surface area contributed by atoms with Crippen molar-refractivity contribution in [2.24, 2.45) is 0 Å². The summed E-state index contributed by atoms with van der Waals surface area (Å²) >= 11 is 1.21. The first-order chi connectivity index (χ1) is 16.4. The molecule has 174 valence electrons. The Morgan fingerprint density at radius 1 is 0.971 bits per heavy atom. The SMILES string of the molecule is Cc1nnc(S[C@@H](C[N+](=O)[O-])c2ccc(OCc3ccc(F)cc3)cc2)n1-c1ccc(F)cc1. The number of aryl methyl sites for hydroxylation is 1. The van der Waals surface area contributed by atoms with Crippen molar-refractivity contribution in [2.45, 2.75) is 23.9 Å². The molecule has 0 unspecified atom stereocenters. The summed E-state index contributed by atoms with van der Waals surface area (Å²) in [5.41, 5.74) is 2.21. The van der Waals surface area contributed by atoms with Gasteiger partial charge in [-0.1, -0.05) is 36.0 Å². The molecule has 0 aliphatic rings. The maximum absolute atomic E-state index is 13.4. The quantitative estimate of drug-likeness (QED) is 0.177. The zero-order valence-electron chi connectivity index (χ0n) is 18.1. The third-order valence-electron chi connectivity index (χ3n) is 5.01. The predicted octanol–water partition coefficient (Wildman–Crippen LogP) is 5.54. The zero-order valence-corrected chi connectivity index (χ0v) is 18.9. The van der Waals surface area contributed by atoms with E-state index in [1.54, 1.807) is 60.0 Å². The molecule has 4 rings (SSSR count). The molecule has 1 aromatic heterocycles. The molecular formula is C24H20F2N4O3S. The molecule has 0 saturated carbocycles. The fourth-order valence-electron chi connectivity index (χ4n) is 3.31. The Hall–Kier alpha value is -3.79. The minimum absolute atomic E-state index is 0.271. The Labute approximate surface area is 198 Å². The first kappa shape index (κ1) is 23.4. The summed E-state index contributed by atoms with van der Waals surface area (Å²) in [7, 11) is 0. The van der Waals surface area contributed by atoms with E-state index in [2.05, 4.69) is 10.2 Å². The highest BCUT2D eigenvalue weighted by Crippen LogP contribution is 2.36. The topological polar surface area (TPSA) is 83.1 Å². The second-order valence-electron chi connectivity index (χ2n) is 7.45. The minimum Gasteiger partial charge on any atom is -0.489 e. The highest BCUT2D eigenvalue weighted by Gasteiger charge is 2.24. The van der Waals surface area contributed by atoms with Crippen molar-refractivity contribution < 1.29 is 18.4 Å². The van der Waals surface area contributed by atoms with Gasteiger partial charge in [0, 0.05) is 10.6 Å². The van der Waals surface area contributed by atoms with Crippen LogP contribution in [0.15, 0.2) is 78.0 Å². The molecule has 7 nitrogen and oxygen atoms in total. The Balaban J connectivity index is 1.52. The molecule has 1 atom stereocenters. The molecule has 0 saturated heterocycles. The third kappa shape index (κ3) is 5.76. The van der Waals surface area contributed by atoms with E-state index in [9.17, 15) is 18.9 Å². The fraction of sp³-hybridized carbons (Fsp3) is 0.167. The molecular weight excluding hydrogens is 462 g/mol. The highest BCUT2D eigenvalue weighted by molar-refractivity contribution is 7.99. The molecule has 0 radical (unpaired) electrons. The van der Waals surface area contributed by atoms with E-state index < -0.39 is 5.25 Å². The monoisotopic (exact) mass is 482 g/mol. The molecule has 0 aliphatic carbocycles. The van der Waals surface area contributed by atoms with Gasteiger partial charge in [0.25, 0.3) is 0 Å². The molecule has 0 fully saturated rings. The van der Waals surface area contributed by atoms with Gasteiger partial charge in [0.1, 0.15) is 35.1 Å². The van der Waals surface area contributed by atoms with E-state index >= 15 is 0 Å². The van der Waals surface area contributed by atoms with Crippen molar-refractivity contribution in [1.29, 1.82) is 0 Å². The van der Waals surface area contributed by atoms with Gasteiger partial charge in [-0.3, -0.25) is 14.7 Å². The number of benzene rings is 3. The van der Waals surface area contributed by atoms with Crippen LogP contribution in [0.1, 0.15) is 22.2 Å². The Kier molecular flexibility index (Phi) is 7.17. The van der Waals surface area contributed by atoms with E-state index in [1.807, 2.05) is 0 Å². The number of aromatic nitrogens is 3. The largest absolute Gasteiger partial charge is 0.489 e. The van der Waals surface area contributed by atoms with Crippen LogP contribution >= 0.6 is 11.8 Å². The normalized spacial score (nSPS) is 11.9. The summed E-state index contributed by atoms with van der Waals surface area (Å²) in [6.07, 6.45) is 0. The molecule has 0 aliphatic heterocycles. The van der Waals surface area contributed by atoms with E-state index in [0.29, 0.717) is 22.4 Å². The van der Waals surface area contributed by atoms with Gasteiger partial charge in [0.15, 0.2) is 5.16 Å². The lowest BCUT2D eigenvalue weighted by Crippen LogP contribution is -2.11. The van der Waals surface area contributed by atoms with Crippen molar-refractivity contribution in [2.75, 3.05) is 6.54 Å². The van der Waals surface area contributed by atoms with E-state index in [-0.39, 0.29) is 29.7 Å². The second-order valence-corrected chi connectivity index (χ2v) is 8.62. The molecule has 34 heavy (non-hydrogen) atoms. The zero-order chi connectivity index (χ0) is 24.1. The summed E-state index contributed by atoms with van der Waals surface area (Å²) in [4.78, 5) is 11.0. The van der Waals surface area contributed by atoms with Gasteiger partial charge in [-0.2, -0.15) is 0 Å². The van der Waals surface area contributed by atoms with Crippen LogP contribution in [0.5, 0.6) is 5.75 Å². The second kappa shape index (κ2) is 10.4. The number of nitro groups is 1. The number of halogens is 2. The molecule has 10 heteroatoms. The van der Waals surface area contributed by atoms with Crippen molar-refractivity contribution in [3.8, 4) is 11.4 Å². The van der Waals surface area contributed by atoms with Crippen LogP contribution in [0.3, 0.4) is 0 Å². The smallest absolute Gasteiger partial charge is 0.220 e. The number of nitrogens with zero attached hydrogens (tertiary/aromatic N) is 4. The lowest BCUT2D eigenvalue weighted by molar-refractivity contribution is -0.479. The number of rotatable bonds is 9. The van der Waals surface area contributed by atoms with Gasteiger partial charge >= 0.3 is 0 Å². The number of ether oxygens (including phenoxy) is 1. The Bertz CT molecular complexity index is 1260. The lowest BCUT2D eigenvalue weighted by atomic mass is 10.1. The first-order valence-corrected chi connectivity index (χ1v) is 11.2. The van der Waals surface area contributed by atoms with Gasteiger partial charge < -0.3 is 4.74 Å². The first-order valence-electron chi connectivity index (χ1n) is 10.3. The maximum Gasteiger partial charge on any atom is 0.220 e. The molecule has 0 bridgehead atoms. The minimum atomic E-state index is -0.538. The average molecular weight is 483 g/mol. The molecule has 1 heterocycles. The Morgan fingerprint density at radius 2 is 1.59 bits per heavy atom. The van der Waals surface area contributed by atoms with Gasteiger partial charge in [-0.05, 0) is 66.6 Å². The van der Waals surface area contributed by atoms with Crippen LogP contribution in [0.4, 0.5) is 8.78 Å². The van der Waals surface area contributed by atoms with E-state index in [0.717, 1.165) is 11.1 Å². The molecule has 3 aromatic carbocycles. The van der Waals surface area contributed by atoms with Gasteiger partial charge in [0.05, 0.1) is 0 Å². The number of hydrogen-bond donors (Lipinski definition) is 0. The van der Waals surface area contributed by atoms with E-state index in [1.165, 1.54) is 36.0 Å². The van der Waals surface area contributed by atoms with Gasteiger partial charge in [0.2, 0.25) is 6.54 Å². The van der Waals surface area contributed by atoms with Crippen molar-refractivity contribution in [3.05, 3.63) is 111 Å². The summed E-state index contributed by atoms with van der Waals surface area (Å²) in [6.45, 7) is 1.71. The van der Waals surface area contributed by atoms with Crippen LogP contribution in [0, 0.1) is 28.7 Å². The van der Waals surface area contributed by atoms with Crippen LogP contribution in [0.25, 0.3) is 5.69 Å². The summed E-state index contributed by atoms with van der Waals surface area (Å²) in [6, 6.07) is 18.9. The number of hydrogen-bond acceptors (Lipinski definition) is 6. The fourth-order valence-corrected chi connectivity index (χ4v) is 4.48. The van der Waals surface area contributed by atoms with Gasteiger partial charge in [-0.15, -0.1) is 10.2 Å². The summed E-state index contributed by atoms with van der Waals surface area (Å²) in [5.74, 6) is 0.492. The Morgan fingerprint density at radius 3 is 2.21 bits per heavy atom. The molecule has 0 N–H and O–H groups in total. The summed E-state index contributed by atoms with van der Waals surface area (Å²) in [5, 5.41) is 19.6. The van der Waals surface area contributed by atoms with Crippen molar-refractivity contribution in [3.63, 3.8) is 0 Å². The summed E-state index contributed by atoms with van der Waals surface area (Å²) < 4.78 is 33.9. The predicted molar refractivity (Wildman–Crippen MR) is 124 cm³/mol. The average Bonchev–Trinajstić information content (AvgIpc) is 3.19. The highest BCUT2D eigenvalue weighted by atomic mass is 32.2. The van der Waals surface area contributed by atoms with Crippen LogP contribution < -0.4 is 4.74 Å². The van der Waals surface area contributed by atoms with Gasteiger partial charge in [-0.25, -0.2) is 8.78 Å². The number of thioether (sulfide) groups is 1. The van der Waals surface area contributed by atoms with Crippen molar-refractivity contribution in [1.82, 2.24) is 14.8 Å². The van der Waals surface area contributed by atoms with Crippen LogP contribution in [-0.4, -0.2) is 26.2 Å².